The summed E-state index contributed by atoms with van der Waals surface area (Å²) >= 11 is 5.88. The van der Waals surface area contributed by atoms with Crippen molar-refractivity contribution in [3.63, 3.8) is 0 Å². The largest absolute Gasteiger partial charge is 0.488 e. The fraction of sp³-hybridized carbons (Fsp3) is 0.333. The number of hydrogen-bond donors (Lipinski definition) is 1. The van der Waals surface area contributed by atoms with Gasteiger partial charge in [-0.2, -0.15) is 0 Å². The molecular formula is C18H20ClNO. The topological polar surface area (TPSA) is 21.3 Å². The van der Waals surface area contributed by atoms with E-state index in [9.17, 15) is 0 Å². The van der Waals surface area contributed by atoms with Gasteiger partial charge in [-0.15, -0.1) is 0 Å². The van der Waals surface area contributed by atoms with Crippen LogP contribution in [0.2, 0.25) is 5.02 Å². The fourth-order valence-electron chi connectivity index (χ4n) is 2.71. The maximum absolute atomic E-state index is 5.95. The van der Waals surface area contributed by atoms with Crippen molar-refractivity contribution in [1.29, 1.82) is 0 Å². The van der Waals surface area contributed by atoms with Gasteiger partial charge < -0.3 is 10.1 Å². The van der Waals surface area contributed by atoms with E-state index in [1.54, 1.807) is 0 Å². The Morgan fingerprint density at radius 2 is 2.00 bits per heavy atom. The second-order valence-corrected chi connectivity index (χ2v) is 6.07. The van der Waals surface area contributed by atoms with Gasteiger partial charge in [0.25, 0.3) is 0 Å². The minimum Gasteiger partial charge on any atom is -0.488 e. The van der Waals surface area contributed by atoms with Crippen molar-refractivity contribution in [2.75, 3.05) is 13.1 Å². The van der Waals surface area contributed by atoms with Gasteiger partial charge in [0.1, 0.15) is 11.9 Å². The summed E-state index contributed by atoms with van der Waals surface area (Å²) in [5, 5.41) is 4.27. The molecule has 1 aliphatic rings. The minimum absolute atomic E-state index is 0.256. The van der Waals surface area contributed by atoms with Gasteiger partial charge in [0.2, 0.25) is 0 Å². The Kier molecular flexibility index (Phi) is 4.47. The molecule has 0 amide bonds. The van der Waals surface area contributed by atoms with Gasteiger partial charge in [-0.25, -0.2) is 0 Å². The van der Waals surface area contributed by atoms with Gasteiger partial charge in [-0.1, -0.05) is 41.4 Å². The van der Waals surface area contributed by atoms with Crippen LogP contribution < -0.4 is 10.1 Å². The zero-order valence-electron chi connectivity index (χ0n) is 12.2. The van der Waals surface area contributed by atoms with Gasteiger partial charge in [-0.3, -0.25) is 0 Å². The average Bonchev–Trinajstić information content (AvgIpc) is 2.87. The normalized spacial score (nSPS) is 16.6. The summed E-state index contributed by atoms with van der Waals surface area (Å²) in [7, 11) is 0. The predicted molar refractivity (Wildman–Crippen MR) is 87.3 cm³/mol. The Bertz CT molecular complexity index is 609. The number of benzene rings is 2. The van der Waals surface area contributed by atoms with Crippen molar-refractivity contribution >= 4 is 11.6 Å². The molecule has 1 aliphatic heterocycles. The Balaban J connectivity index is 1.42. The van der Waals surface area contributed by atoms with E-state index in [1.165, 1.54) is 16.7 Å². The van der Waals surface area contributed by atoms with Crippen LogP contribution >= 0.6 is 11.6 Å². The van der Waals surface area contributed by atoms with E-state index in [-0.39, 0.29) is 6.10 Å². The lowest BCUT2D eigenvalue weighted by molar-refractivity contribution is 0.228. The van der Waals surface area contributed by atoms with Gasteiger partial charge in [0.15, 0.2) is 0 Å². The molecule has 1 atom stereocenters. The van der Waals surface area contributed by atoms with E-state index in [0.717, 1.165) is 36.7 Å². The molecule has 0 saturated carbocycles. The molecule has 0 fully saturated rings. The summed E-state index contributed by atoms with van der Waals surface area (Å²) < 4.78 is 5.95. The van der Waals surface area contributed by atoms with Crippen molar-refractivity contribution in [2.24, 2.45) is 0 Å². The molecule has 1 N–H and O–H groups in total. The molecule has 2 nitrogen and oxygen atoms in total. The molecule has 1 unspecified atom stereocenters. The summed E-state index contributed by atoms with van der Waals surface area (Å²) in [5.41, 5.74) is 3.94. The molecule has 0 radical (unpaired) electrons. The highest BCUT2D eigenvalue weighted by molar-refractivity contribution is 6.30. The highest BCUT2D eigenvalue weighted by atomic mass is 35.5. The van der Waals surface area contributed by atoms with Crippen molar-refractivity contribution in [2.45, 2.75) is 25.9 Å². The van der Waals surface area contributed by atoms with Gasteiger partial charge in [-0.05, 0) is 49.2 Å². The molecule has 110 valence electrons. The van der Waals surface area contributed by atoms with E-state index < -0.39 is 0 Å². The highest BCUT2D eigenvalue weighted by Crippen LogP contribution is 2.29. The number of ether oxygens (including phenoxy) is 1. The van der Waals surface area contributed by atoms with Crippen LogP contribution in [0.1, 0.15) is 16.7 Å². The first-order chi connectivity index (χ1) is 10.2. The number of fused-ring (bicyclic) bond motifs is 1. The van der Waals surface area contributed by atoms with Gasteiger partial charge in [0.05, 0.1) is 0 Å². The highest BCUT2D eigenvalue weighted by Gasteiger charge is 2.22. The second kappa shape index (κ2) is 6.50. The first-order valence-electron chi connectivity index (χ1n) is 7.42. The van der Waals surface area contributed by atoms with E-state index >= 15 is 0 Å². The first kappa shape index (κ1) is 14.4. The average molecular weight is 302 g/mol. The number of rotatable bonds is 5. The third-order valence-corrected chi connectivity index (χ3v) is 4.08. The van der Waals surface area contributed by atoms with Gasteiger partial charge >= 0.3 is 0 Å². The number of aryl methyl sites for hydroxylation is 1. The van der Waals surface area contributed by atoms with Crippen LogP contribution in [-0.4, -0.2) is 19.2 Å². The molecule has 3 rings (SSSR count). The smallest absolute Gasteiger partial charge is 0.123 e. The third-order valence-electron chi connectivity index (χ3n) is 3.83. The lowest BCUT2D eigenvalue weighted by Gasteiger charge is -2.11. The monoisotopic (exact) mass is 301 g/mol. The molecule has 2 aromatic rings. The quantitative estimate of drug-likeness (QED) is 0.849. The van der Waals surface area contributed by atoms with E-state index in [4.69, 9.17) is 16.3 Å². The van der Waals surface area contributed by atoms with Crippen LogP contribution in [0, 0.1) is 6.92 Å². The summed E-state index contributed by atoms with van der Waals surface area (Å²) in [4.78, 5) is 0. The van der Waals surface area contributed by atoms with E-state index in [1.807, 2.05) is 12.1 Å². The standard InChI is InChI=1S/C18H20ClNO/c1-13-2-7-18-15(10-13)11-17(21-18)12-20-9-8-14-3-5-16(19)6-4-14/h2-7,10,17,20H,8-9,11-12H2,1H3. The first-order valence-corrected chi connectivity index (χ1v) is 7.80. The molecule has 0 spiro atoms. The fourth-order valence-corrected chi connectivity index (χ4v) is 2.84. The zero-order valence-corrected chi connectivity index (χ0v) is 13.0. The molecule has 3 heteroatoms. The minimum atomic E-state index is 0.256. The third kappa shape index (κ3) is 3.78. The lowest BCUT2D eigenvalue weighted by Crippen LogP contribution is -2.31. The maximum Gasteiger partial charge on any atom is 0.123 e. The molecule has 1 heterocycles. The van der Waals surface area contributed by atoms with Crippen LogP contribution in [0.5, 0.6) is 5.75 Å². The summed E-state index contributed by atoms with van der Waals surface area (Å²) in [6, 6.07) is 14.5. The van der Waals surface area contributed by atoms with Crippen molar-refractivity contribution < 1.29 is 4.74 Å². The Labute approximate surface area is 131 Å². The van der Waals surface area contributed by atoms with Crippen LogP contribution in [0.15, 0.2) is 42.5 Å². The zero-order chi connectivity index (χ0) is 14.7. The van der Waals surface area contributed by atoms with Gasteiger partial charge in [0, 0.05) is 18.0 Å². The molecule has 0 aliphatic carbocycles. The van der Waals surface area contributed by atoms with Crippen molar-refractivity contribution in [3.05, 3.63) is 64.2 Å². The van der Waals surface area contributed by atoms with Crippen LogP contribution in [0.4, 0.5) is 0 Å². The Morgan fingerprint density at radius 1 is 1.19 bits per heavy atom. The molecule has 0 aromatic heterocycles. The summed E-state index contributed by atoms with van der Waals surface area (Å²) in [6.07, 6.45) is 2.27. The molecular weight excluding hydrogens is 282 g/mol. The van der Waals surface area contributed by atoms with Crippen LogP contribution in [0.3, 0.4) is 0 Å². The van der Waals surface area contributed by atoms with Crippen molar-refractivity contribution in [1.82, 2.24) is 5.32 Å². The molecule has 21 heavy (non-hydrogen) atoms. The predicted octanol–water partition coefficient (Wildman–Crippen LogP) is 3.78. The lowest BCUT2D eigenvalue weighted by atomic mass is 10.1. The second-order valence-electron chi connectivity index (χ2n) is 5.64. The number of halogens is 1. The SMILES string of the molecule is Cc1ccc2c(c1)CC(CNCCc1ccc(Cl)cc1)O2. The van der Waals surface area contributed by atoms with E-state index in [2.05, 4.69) is 42.6 Å². The Hall–Kier alpha value is -1.51. The van der Waals surface area contributed by atoms with Crippen molar-refractivity contribution in [3.8, 4) is 5.75 Å². The van der Waals surface area contributed by atoms with E-state index in [0.29, 0.717) is 0 Å². The van der Waals surface area contributed by atoms with Crippen LogP contribution in [0.25, 0.3) is 0 Å². The number of hydrogen-bond acceptors (Lipinski definition) is 2. The molecule has 0 bridgehead atoms. The molecule has 0 saturated heterocycles. The van der Waals surface area contributed by atoms with Crippen LogP contribution in [-0.2, 0) is 12.8 Å². The summed E-state index contributed by atoms with van der Waals surface area (Å²) in [5.74, 6) is 1.05. The number of nitrogens with one attached hydrogen (secondary N) is 1. The Morgan fingerprint density at radius 3 is 2.81 bits per heavy atom. The summed E-state index contributed by atoms with van der Waals surface area (Å²) in [6.45, 7) is 3.97. The molecule has 2 aromatic carbocycles. The maximum atomic E-state index is 5.95.